The average molecular weight is 287 g/mol. The van der Waals surface area contributed by atoms with E-state index in [-0.39, 0.29) is 18.1 Å². The van der Waals surface area contributed by atoms with Crippen LogP contribution in [-0.4, -0.2) is 28.5 Å². The Morgan fingerprint density at radius 3 is 2.67 bits per heavy atom. The molecule has 0 radical (unpaired) electrons. The van der Waals surface area contributed by atoms with Crippen molar-refractivity contribution in [1.82, 2.24) is 15.8 Å². The van der Waals surface area contributed by atoms with Crippen molar-refractivity contribution in [3.8, 4) is 11.5 Å². The zero-order valence-corrected chi connectivity index (χ0v) is 10.9. The highest BCUT2D eigenvalue weighted by Gasteiger charge is 2.08. The molecule has 0 aliphatic rings. The van der Waals surface area contributed by atoms with Gasteiger partial charge < -0.3 is 9.84 Å². The highest BCUT2D eigenvalue weighted by molar-refractivity contribution is 5.95. The third kappa shape index (κ3) is 4.20. The van der Waals surface area contributed by atoms with Crippen LogP contribution in [0.25, 0.3) is 0 Å². The molecular formula is C14H13N3O4. The molecule has 1 aromatic carbocycles. The number of nitrogens with one attached hydrogen (secondary N) is 2. The molecule has 0 unspecified atom stereocenters. The van der Waals surface area contributed by atoms with Gasteiger partial charge in [-0.05, 0) is 24.3 Å². The van der Waals surface area contributed by atoms with E-state index in [1.165, 1.54) is 24.5 Å². The molecular weight excluding hydrogens is 274 g/mol. The third-order valence-electron chi connectivity index (χ3n) is 2.46. The van der Waals surface area contributed by atoms with E-state index in [4.69, 9.17) is 4.74 Å². The van der Waals surface area contributed by atoms with E-state index >= 15 is 0 Å². The van der Waals surface area contributed by atoms with Crippen LogP contribution in [0.5, 0.6) is 11.5 Å². The van der Waals surface area contributed by atoms with Crippen molar-refractivity contribution in [2.24, 2.45) is 0 Å². The van der Waals surface area contributed by atoms with E-state index in [9.17, 15) is 14.7 Å². The molecule has 0 aliphatic heterocycles. The van der Waals surface area contributed by atoms with Gasteiger partial charge in [0.2, 0.25) is 0 Å². The van der Waals surface area contributed by atoms with Gasteiger partial charge >= 0.3 is 0 Å². The second-order valence-electron chi connectivity index (χ2n) is 4.00. The number of phenolic OH excluding ortho intramolecular Hbond substituents is 1. The van der Waals surface area contributed by atoms with Crippen LogP contribution in [0.3, 0.4) is 0 Å². The van der Waals surface area contributed by atoms with Crippen molar-refractivity contribution in [2.75, 3.05) is 6.61 Å². The summed E-state index contributed by atoms with van der Waals surface area (Å²) < 4.78 is 5.11. The number of aromatic hydroxyl groups is 1. The van der Waals surface area contributed by atoms with Gasteiger partial charge in [0.25, 0.3) is 11.8 Å². The lowest BCUT2D eigenvalue weighted by molar-refractivity contribution is -0.123. The smallest absolute Gasteiger partial charge is 0.276 e. The summed E-state index contributed by atoms with van der Waals surface area (Å²) in [7, 11) is 0. The molecule has 0 aliphatic carbocycles. The second-order valence-corrected chi connectivity index (χ2v) is 4.00. The van der Waals surface area contributed by atoms with Crippen LogP contribution < -0.4 is 15.6 Å². The van der Waals surface area contributed by atoms with Gasteiger partial charge in [-0.3, -0.25) is 25.4 Å². The van der Waals surface area contributed by atoms with Gasteiger partial charge in [0.05, 0.1) is 5.56 Å². The number of aromatic nitrogens is 1. The maximum atomic E-state index is 11.6. The number of carbonyl (C=O) groups excluding carboxylic acids is 2. The maximum absolute atomic E-state index is 11.6. The van der Waals surface area contributed by atoms with Crippen molar-refractivity contribution in [2.45, 2.75) is 0 Å². The molecule has 2 aromatic rings. The summed E-state index contributed by atoms with van der Waals surface area (Å²) in [6.07, 6.45) is 2.91. The van der Waals surface area contributed by atoms with E-state index in [1.807, 2.05) is 0 Å². The first-order chi connectivity index (χ1) is 10.2. The fraction of sp³-hybridized carbons (Fsp3) is 0.0714. The van der Waals surface area contributed by atoms with Gasteiger partial charge in [0.1, 0.15) is 0 Å². The van der Waals surface area contributed by atoms with Crippen LogP contribution in [-0.2, 0) is 4.79 Å². The second kappa shape index (κ2) is 6.90. The first-order valence-electron chi connectivity index (χ1n) is 6.07. The Labute approximate surface area is 120 Å². The van der Waals surface area contributed by atoms with Crippen LogP contribution in [0.1, 0.15) is 10.4 Å². The lowest BCUT2D eigenvalue weighted by Gasteiger charge is -2.09. The van der Waals surface area contributed by atoms with Crippen molar-refractivity contribution in [3.63, 3.8) is 0 Å². The van der Waals surface area contributed by atoms with Crippen LogP contribution in [0.2, 0.25) is 0 Å². The molecule has 0 bridgehead atoms. The number of rotatable bonds is 4. The number of para-hydroxylation sites is 2. The number of benzene rings is 1. The molecule has 0 fully saturated rings. The summed E-state index contributed by atoms with van der Waals surface area (Å²) in [6, 6.07) is 9.44. The van der Waals surface area contributed by atoms with Crippen LogP contribution in [0.4, 0.5) is 0 Å². The lowest BCUT2D eigenvalue weighted by Crippen LogP contribution is -2.43. The summed E-state index contributed by atoms with van der Waals surface area (Å²) >= 11 is 0. The predicted octanol–water partition coefficient (Wildman–Crippen LogP) is 0.627. The Bertz CT molecular complexity index is 631. The Morgan fingerprint density at radius 2 is 1.95 bits per heavy atom. The van der Waals surface area contributed by atoms with Crippen molar-refractivity contribution < 1.29 is 19.4 Å². The number of carbonyl (C=O) groups is 2. The minimum Gasteiger partial charge on any atom is -0.504 e. The number of hydrogen-bond donors (Lipinski definition) is 3. The van der Waals surface area contributed by atoms with Crippen molar-refractivity contribution >= 4 is 11.8 Å². The van der Waals surface area contributed by atoms with Gasteiger partial charge in [-0.25, -0.2) is 0 Å². The molecule has 0 saturated heterocycles. The van der Waals surface area contributed by atoms with Gasteiger partial charge in [-0.1, -0.05) is 12.1 Å². The molecule has 2 rings (SSSR count). The van der Waals surface area contributed by atoms with E-state index in [1.54, 1.807) is 24.3 Å². The van der Waals surface area contributed by atoms with E-state index < -0.39 is 11.8 Å². The molecule has 7 heteroatoms. The van der Waals surface area contributed by atoms with E-state index in [2.05, 4.69) is 15.8 Å². The number of ether oxygens (including phenoxy) is 1. The number of hydrogen-bond acceptors (Lipinski definition) is 5. The Hall–Kier alpha value is -3.09. The highest BCUT2D eigenvalue weighted by Crippen LogP contribution is 2.23. The van der Waals surface area contributed by atoms with Gasteiger partial charge in [-0.2, -0.15) is 0 Å². The van der Waals surface area contributed by atoms with Crippen molar-refractivity contribution in [3.05, 3.63) is 54.4 Å². The minimum absolute atomic E-state index is 0.0651. The Morgan fingerprint density at radius 1 is 1.14 bits per heavy atom. The Balaban J connectivity index is 1.78. The number of pyridine rings is 1. The fourth-order valence-electron chi connectivity index (χ4n) is 1.45. The Kier molecular flexibility index (Phi) is 4.70. The molecule has 1 heterocycles. The first kappa shape index (κ1) is 14.3. The van der Waals surface area contributed by atoms with E-state index in [0.717, 1.165) is 0 Å². The van der Waals surface area contributed by atoms with Crippen molar-refractivity contribution in [1.29, 1.82) is 0 Å². The number of phenols is 1. The van der Waals surface area contributed by atoms with Crippen LogP contribution in [0.15, 0.2) is 48.8 Å². The summed E-state index contributed by atoms with van der Waals surface area (Å²) in [5.41, 5.74) is 4.75. The third-order valence-corrected chi connectivity index (χ3v) is 2.46. The molecule has 21 heavy (non-hydrogen) atoms. The average Bonchev–Trinajstić information content (AvgIpc) is 2.52. The number of amides is 2. The zero-order valence-electron chi connectivity index (χ0n) is 10.9. The van der Waals surface area contributed by atoms with Crippen LogP contribution >= 0.6 is 0 Å². The quantitative estimate of drug-likeness (QED) is 0.716. The van der Waals surface area contributed by atoms with Gasteiger partial charge in [0.15, 0.2) is 18.1 Å². The van der Waals surface area contributed by atoms with Gasteiger partial charge in [0, 0.05) is 12.4 Å². The molecule has 3 N–H and O–H groups in total. The number of hydrazine groups is 1. The molecule has 0 atom stereocenters. The summed E-state index contributed by atoms with van der Waals surface area (Å²) in [5.74, 6) is -0.926. The predicted molar refractivity (Wildman–Crippen MR) is 73.4 cm³/mol. The summed E-state index contributed by atoms with van der Waals surface area (Å²) in [5, 5.41) is 9.46. The molecule has 2 amide bonds. The standard InChI is InChI=1S/C14H13N3O4/c18-11-5-1-2-6-12(11)21-9-13(19)16-17-14(20)10-4-3-7-15-8-10/h1-8,18H,9H2,(H,16,19)(H,17,20). The van der Waals surface area contributed by atoms with Crippen LogP contribution in [0, 0.1) is 0 Å². The summed E-state index contributed by atoms with van der Waals surface area (Å²) in [4.78, 5) is 26.9. The largest absolute Gasteiger partial charge is 0.504 e. The topological polar surface area (TPSA) is 101 Å². The van der Waals surface area contributed by atoms with Gasteiger partial charge in [-0.15, -0.1) is 0 Å². The maximum Gasteiger partial charge on any atom is 0.276 e. The minimum atomic E-state index is -0.560. The molecule has 7 nitrogen and oxygen atoms in total. The first-order valence-corrected chi connectivity index (χ1v) is 6.07. The SMILES string of the molecule is O=C(COc1ccccc1O)NNC(=O)c1cccnc1. The number of nitrogens with zero attached hydrogens (tertiary/aromatic N) is 1. The monoisotopic (exact) mass is 287 g/mol. The van der Waals surface area contributed by atoms with E-state index in [0.29, 0.717) is 5.56 Å². The molecule has 0 saturated carbocycles. The summed E-state index contributed by atoms with van der Waals surface area (Å²) in [6.45, 7) is -0.342. The molecule has 0 spiro atoms. The zero-order chi connectivity index (χ0) is 15.1. The molecule has 108 valence electrons. The fourth-order valence-corrected chi connectivity index (χ4v) is 1.45. The normalized spacial score (nSPS) is 9.71. The lowest BCUT2D eigenvalue weighted by atomic mass is 10.3. The molecule has 1 aromatic heterocycles. The highest BCUT2D eigenvalue weighted by atomic mass is 16.5.